The molecule has 0 atom stereocenters. The van der Waals surface area contributed by atoms with E-state index in [4.69, 9.17) is 5.73 Å². The maximum atomic E-state index is 5.93. The van der Waals surface area contributed by atoms with Crippen LogP contribution in [0, 0.1) is 6.04 Å². The van der Waals surface area contributed by atoms with Crippen molar-refractivity contribution in [2.45, 2.75) is 70.6 Å². The zero-order valence-corrected chi connectivity index (χ0v) is 13.4. The van der Waals surface area contributed by atoms with Crippen LogP contribution < -0.4 is 5.73 Å². The second-order valence-corrected chi connectivity index (χ2v) is 4.34. The molecule has 0 aromatic carbocycles. The van der Waals surface area contributed by atoms with Crippen LogP contribution in [0.15, 0.2) is 0 Å². The predicted molar refractivity (Wildman–Crippen MR) is 72.7 cm³/mol. The minimum Gasteiger partial charge on any atom is -0.480 e. The molecule has 0 saturated heterocycles. The zero-order valence-electron chi connectivity index (χ0n) is 10.2. The molecular weight excluding hydrogens is 277 g/mol. The Labute approximate surface area is 128 Å². The zero-order chi connectivity index (χ0) is 9.36. The van der Waals surface area contributed by atoms with Crippen LogP contribution in [0.2, 0.25) is 0 Å². The van der Waals surface area contributed by atoms with Gasteiger partial charge in [0.05, 0.1) is 0 Å². The van der Waals surface area contributed by atoms with Crippen LogP contribution in [0.25, 0.3) is 0 Å². The SMILES string of the molecule is Cl.Cl.N[C-]1CCCCCCCCCCC1.[Ti]. The van der Waals surface area contributed by atoms with Crippen molar-refractivity contribution < 1.29 is 21.7 Å². The summed E-state index contributed by atoms with van der Waals surface area (Å²) in [4.78, 5) is 0. The molecule has 1 nitrogen and oxygen atoms in total. The molecule has 0 spiro atoms. The van der Waals surface area contributed by atoms with Crippen molar-refractivity contribution >= 4 is 24.8 Å². The van der Waals surface area contributed by atoms with Crippen molar-refractivity contribution in [1.82, 2.24) is 0 Å². The number of halogens is 2. The van der Waals surface area contributed by atoms with Gasteiger partial charge in [0.1, 0.15) is 0 Å². The standard InChI is InChI=1S/C12H24N.2ClH.Ti/c13-12-10-8-6-4-2-1-3-5-7-9-11-12;;;/h1-11,13H2;2*1H;/q-1;;;. The van der Waals surface area contributed by atoms with E-state index >= 15 is 0 Å². The number of hydrogen-bond acceptors (Lipinski definition) is 1. The van der Waals surface area contributed by atoms with E-state index in [0.29, 0.717) is 0 Å². The molecule has 1 aliphatic rings. The van der Waals surface area contributed by atoms with Gasteiger partial charge in [-0.25, -0.2) is 0 Å². The average Bonchev–Trinajstić information content (AvgIpc) is 2.11. The molecule has 1 saturated carbocycles. The third kappa shape index (κ3) is 13.3. The molecule has 0 unspecified atom stereocenters. The summed E-state index contributed by atoms with van der Waals surface area (Å²) in [5, 5.41) is 0. The summed E-state index contributed by atoms with van der Waals surface area (Å²) in [5.74, 6) is 0. The van der Waals surface area contributed by atoms with Crippen LogP contribution in [0.4, 0.5) is 0 Å². The van der Waals surface area contributed by atoms with Gasteiger partial charge < -0.3 is 5.73 Å². The van der Waals surface area contributed by atoms with Crippen molar-refractivity contribution in [1.29, 1.82) is 0 Å². The predicted octanol–water partition coefficient (Wildman–Crippen LogP) is 4.62. The third-order valence-corrected chi connectivity index (χ3v) is 3.00. The summed E-state index contributed by atoms with van der Waals surface area (Å²) in [6.07, 6.45) is 15.0. The Morgan fingerprint density at radius 1 is 0.562 bits per heavy atom. The summed E-state index contributed by atoms with van der Waals surface area (Å²) in [6.45, 7) is 0. The Hall–Kier alpha value is 1.25. The summed E-state index contributed by atoms with van der Waals surface area (Å²) in [6, 6.07) is 1.25. The first kappa shape index (κ1) is 22.4. The summed E-state index contributed by atoms with van der Waals surface area (Å²) >= 11 is 0. The van der Waals surface area contributed by atoms with E-state index in [1.165, 1.54) is 76.7 Å². The van der Waals surface area contributed by atoms with Gasteiger partial charge in [-0.15, -0.1) is 24.8 Å². The van der Waals surface area contributed by atoms with Gasteiger partial charge in [-0.2, -0.15) is 12.8 Å². The van der Waals surface area contributed by atoms with Crippen LogP contribution in [-0.4, -0.2) is 0 Å². The normalized spacial score (nSPS) is 20.1. The Bertz CT molecular complexity index is 114. The molecule has 0 aromatic heterocycles. The fraction of sp³-hybridized carbons (Fsp3) is 0.917. The summed E-state index contributed by atoms with van der Waals surface area (Å²) in [5.41, 5.74) is 5.93. The van der Waals surface area contributed by atoms with Crippen LogP contribution in [0.1, 0.15) is 70.6 Å². The van der Waals surface area contributed by atoms with E-state index < -0.39 is 0 Å². The first-order valence-electron chi connectivity index (χ1n) is 6.00. The van der Waals surface area contributed by atoms with Gasteiger partial charge >= 0.3 is 0 Å². The van der Waals surface area contributed by atoms with E-state index in [-0.39, 0.29) is 46.5 Å². The van der Waals surface area contributed by atoms with Gasteiger partial charge in [0.2, 0.25) is 0 Å². The molecular formula is C12H26Cl2NTi-. The fourth-order valence-corrected chi connectivity index (χ4v) is 2.07. The Balaban J connectivity index is -0.000000563. The first-order chi connectivity index (χ1) is 6.39. The van der Waals surface area contributed by atoms with E-state index in [9.17, 15) is 0 Å². The van der Waals surface area contributed by atoms with Gasteiger partial charge in [-0.1, -0.05) is 57.8 Å². The third-order valence-electron chi connectivity index (χ3n) is 3.00. The molecule has 16 heavy (non-hydrogen) atoms. The topological polar surface area (TPSA) is 26.0 Å². The maximum Gasteiger partial charge on any atom is 0 e. The molecule has 98 valence electrons. The van der Waals surface area contributed by atoms with E-state index in [1.54, 1.807) is 0 Å². The average molecular weight is 303 g/mol. The molecule has 0 aliphatic heterocycles. The monoisotopic (exact) mass is 302 g/mol. The van der Waals surface area contributed by atoms with Gasteiger partial charge in [-0.3, -0.25) is 6.04 Å². The summed E-state index contributed by atoms with van der Waals surface area (Å²) in [7, 11) is 0. The molecule has 0 heterocycles. The molecule has 1 aliphatic carbocycles. The molecule has 0 bridgehead atoms. The Morgan fingerprint density at radius 3 is 1.12 bits per heavy atom. The van der Waals surface area contributed by atoms with Crippen molar-refractivity contribution in [3.63, 3.8) is 0 Å². The van der Waals surface area contributed by atoms with E-state index in [2.05, 4.69) is 0 Å². The van der Waals surface area contributed by atoms with Gasteiger partial charge in [0, 0.05) is 21.7 Å². The molecule has 0 radical (unpaired) electrons. The molecule has 2 N–H and O–H groups in total. The van der Waals surface area contributed by atoms with Crippen molar-refractivity contribution in [3.8, 4) is 0 Å². The number of nitrogens with two attached hydrogens (primary N) is 1. The molecule has 0 aromatic rings. The number of hydrogen-bond donors (Lipinski definition) is 1. The minimum atomic E-state index is 0. The van der Waals surface area contributed by atoms with Gasteiger partial charge in [-0.05, 0) is 0 Å². The van der Waals surface area contributed by atoms with Crippen molar-refractivity contribution in [2.24, 2.45) is 5.73 Å². The smallest absolute Gasteiger partial charge is 0 e. The van der Waals surface area contributed by atoms with E-state index in [0.717, 1.165) is 0 Å². The Morgan fingerprint density at radius 2 is 0.812 bits per heavy atom. The number of rotatable bonds is 0. The minimum absolute atomic E-state index is 0. The van der Waals surface area contributed by atoms with Gasteiger partial charge in [0.15, 0.2) is 0 Å². The van der Waals surface area contributed by atoms with Crippen molar-refractivity contribution in [2.75, 3.05) is 0 Å². The first-order valence-corrected chi connectivity index (χ1v) is 6.00. The van der Waals surface area contributed by atoms with Crippen LogP contribution >= 0.6 is 24.8 Å². The largest absolute Gasteiger partial charge is 0.480 e. The second-order valence-electron chi connectivity index (χ2n) is 4.34. The molecule has 1 rings (SSSR count). The van der Waals surface area contributed by atoms with Gasteiger partial charge in [0.25, 0.3) is 0 Å². The van der Waals surface area contributed by atoms with Crippen LogP contribution in [0.3, 0.4) is 0 Å². The quantitative estimate of drug-likeness (QED) is 0.513. The Kier molecular flexibility index (Phi) is 22.8. The van der Waals surface area contributed by atoms with Crippen LogP contribution in [0.5, 0.6) is 0 Å². The van der Waals surface area contributed by atoms with E-state index in [1.807, 2.05) is 0 Å². The molecule has 1 fully saturated rings. The fourth-order valence-electron chi connectivity index (χ4n) is 2.07. The summed E-state index contributed by atoms with van der Waals surface area (Å²) < 4.78 is 0. The van der Waals surface area contributed by atoms with Crippen molar-refractivity contribution in [3.05, 3.63) is 6.04 Å². The van der Waals surface area contributed by atoms with Crippen LogP contribution in [-0.2, 0) is 21.7 Å². The molecule has 4 heteroatoms. The second kappa shape index (κ2) is 16.3. The maximum absolute atomic E-state index is 5.93. The molecule has 0 amide bonds.